The van der Waals surface area contributed by atoms with Crippen LogP contribution < -0.4 is 10.1 Å². The lowest BCUT2D eigenvalue weighted by Gasteiger charge is -2.08. The summed E-state index contributed by atoms with van der Waals surface area (Å²) in [5, 5.41) is 4.29. The molecule has 0 saturated heterocycles. The van der Waals surface area contributed by atoms with E-state index in [1.54, 1.807) is 7.11 Å². The van der Waals surface area contributed by atoms with Gasteiger partial charge < -0.3 is 14.6 Å². The number of aryl methyl sites for hydroxylation is 2. The maximum absolute atomic E-state index is 12.4. The number of hydrogen-bond donors (Lipinski definition) is 1. The van der Waals surface area contributed by atoms with Crippen molar-refractivity contribution in [2.24, 2.45) is 0 Å². The molecule has 0 bridgehead atoms. The molecule has 3 aromatic carbocycles. The average Bonchev–Trinajstić information content (AvgIpc) is 3.17. The number of rotatable bonds is 9. The number of nitrogens with one attached hydrogen (secondary N) is 1. The molecule has 0 spiro atoms. The molecule has 1 amide bonds. The molecule has 0 radical (unpaired) electrons. The number of amides is 1. The third-order valence-corrected chi connectivity index (χ3v) is 5.95. The van der Waals surface area contributed by atoms with Crippen LogP contribution in [-0.2, 0) is 24.3 Å². The highest BCUT2D eigenvalue weighted by Crippen LogP contribution is 2.24. The van der Waals surface area contributed by atoms with Crippen molar-refractivity contribution in [2.45, 2.75) is 39.3 Å². The number of benzene rings is 3. The van der Waals surface area contributed by atoms with Gasteiger partial charge in [-0.05, 0) is 60.2 Å². The summed E-state index contributed by atoms with van der Waals surface area (Å²) in [6, 6.07) is 24.8. The first-order valence-electron chi connectivity index (χ1n) is 11.1. The van der Waals surface area contributed by atoms with Gasteiger partial charge in [-0.25, -0.2) is 0 Å². The maximum atomic E-state index is 12.4. The van der Waals surface area contributed by atoms with Gasteiger partial charge in [-0.1, -0.05) is 54.6 Å². The van der Waals surface area contributed by atoms with E-state index in [4.69, 9.17) is 4.74 Å². The Labute approximate surface area is 189 Å². The lowest BCUT2D eigenvalue weighted by molar-refractivity contribution is -0.121. The van der Waals surface area contributed by atoms with Gasteiger partial charge in [-0.2, -0.15) is 0 Å². The third-order valence-electron chi connectivity index (χ3n) is 5.95. The van der Waals surface area contributed by atoms with Crippen molar-refractivity contribution < 1.29 is 9.53 Å². The zero-order valence-corrected chi connectivity index (χ0v) is 18.8. The largest absolute Gasteiger partial charge is 0.497 e. The van der Waals surface area contributed by atoms with Gasteiger partial charge in [-0.15, -0.1) is 0 Å². The molecule has 1 N–H and O–H groups in total. The zero-order chi connectivity index (χ0) is 22.3. The molecule has 0 aliphatic rings. The first-order valence-corrected chi connectivity index (χ1v) is 11.1. The van der Waals surface area contributed by atoms with Crippen molar-refractivity contribution in [2.75, 3.05) is 7.11 Å². The Hall–Kier alpha value is -3.53. The topological polar surface area (TPSA) is 43.3 Å². The normalized spacial score (nSPS) is 10.9. The van der Waals surface area contributed by atoms with Gasteiger partial charge in [0.15, 0.2) is 0 Å². The fourth-order valence-electron chi connectivity index (χ4n) is 4.13. The SMILES string of the molecule is COc1cccc(CNC(=O)CCCc2cn(Cc3ccccc3C)c3ccccc23)c1. The second-order valence-electron chi connectivity index (χ2n) is 8.21. The summed E-state index contributed by atoms with van der Waals surface area (Å²) in [6.45, 7) is 3.53. The van der Waals surface area contributed by atoms with Crippen LogP contribution in [0.4, 0.5) is 0 Å². The lowest BCUT2D eigenvalue weighted by atomic mass is 10.1. The van der Waals surface area contributed by atoms with Crippen molar-refractivity contribution in [3.63, 3.8) is 0 Å². The predicted octanol–water partition coefficient (Wildman–Crippen LogP) is 5.65. The van der Waals surface area contributed by atoms with E-state index in [1.807, 2.05) is 24.3 Å². The van der Waals surface area contributed by atoms with Crippen LogP contribution in [0.5, 0.6) is 5.75 Å². The zero-order valence-electron chi connectivity index (χ0n) is 18.8. The standard InChI is InChI=1S/C28H30N2O2/c1-21-9-3-4-11-23(21)19-30-20-24(26-14-5-6-15-27(26)30)12-8-16-28(31)29-18-22-10-7-13-25(17-22)32-2/h3-7,9-11,13-15,17,20H,8,12,16,18-19H2,1-2H3,(H,29,31). The quantitative estimate of drug-likeness (QED) is 0.376. The molecule has 0 unspecified atom stereocenters. The highest BCUT2D eigenvalue weighted by Gasteiger charge is 2.10. The minimum atomic E-state index is 0.0801. The van der Waals surface area contributed by atoms with Crippen LogP contribution >= 0.6 is 0 Å². The van der Waals surface area contributed by atoms with Crippen molar-refractivity contribution in [1.82, 2.24) is 9.88 Å². The number of carbonyl (C=O) groups is 1. The summed E-state index contributed by atoms with van der Waals surface area (Å²) < 4.78 is 7.57. The summed E-state index contributed by atoms with van der Waals surface area (Å²) in [6.07, 6.45) is 4.47. The highest BCUT2D eigenvalue weighted by molar-refractivity contribution is 5.84. The van der Waals surface area contributed by atoms with Crippen LogP contribution in [0.3, 0.4) is 0 Å². The number of nitrogens with zero attached hydrogens (tertiary/aromatic N) is 1. The number of fused-ring (bicyclic) bond motifs is 1. The van der Waals surface area contributed by atoms with Crippen LogP contribution in [0, 0.1) is 6.92 Å². The Bertz CT molecular complexity index is 1210. The van der Waals surface area contributed by atoms with Gasteiger partial charge in [-0.3, -0.25) is 4.79 Å². The fourth-order valence-corrected chi connectivity index (χ4v) is 4.13. The van der Waals surface area contributed by atoms with Crippen LogP contribution in [0.15, 0.2) is 79.0 Å². The average molecular weight is 427 g/mol. The highest BCUT2D eigenvalue weighted by atomic mass is 16.5. The monoisotopic (exact) mass is 426 g/mol. The van der Waals surface area contributed by atoms with Crippen molar-refractivity contribution in [1.29, 1.82) is 0 Å². The molecule has 0 aliphatic carbocycles. The second-order valence-corrected chi connectivity index (χ2v) is 8.21. The first kappa shape index (κ1) is 21.7. The Balaban J connectivity index is 1.37. The molecule has 164 valence electrons. The van der Waals surface area contributed by atoms with E-state index in [1.165, 1.54) is 27.6 Å². The molecular weight excluding hydrogens is 396 g/mol. The van der Waals surface area contributed by atoms with Crippen LogP contribution in [0.25, 0.3) is 10.9 Å². The van der Waals surface area contributed by atoms with Gasteiger partial charge >= 0.3 is 0 Å². The number of aromatic nitrogens is 1. The van der Waals surface area contributed by atoms with Gasteiger partial charge in [0.05, 0.1) is 7.11 Å². The molecule has 0 aliphatic heterocycles. The Morgan fingerprint density at radius 1 is 0.969 bits per heavy atom. The van der Waals surface area contributed by atoms with Crippen LogP contribution in [-0.4, -0.2) is 17.6 Å². The van der Waals surface area contributed by atoms with Crippen LogP contribution in [0.2, 0.25) is 0 Å². The lowest BCUT2D eigenvalue weighted by Crippen LogP contribution is -2.22. The molecule has 4 nitrogen and oxygen atoms in total. The first-order chi connectivity index (χ1) is 15.6. The summed E-state index contributed by atoms with van der Waals surface area (Å²) in [5.74, 6) is 0.885. The molecule has 1 aromatic heterocycles. The number of carbonyl (C=O) groups excluding carboxylic acids is 1. The molecule has 4 aromatic rings. The van der Waals surface area contributed by atoms with E-state index < -0.39 is 0 Å². The molecule has 32 heavy (non-hydrogen) atoms. The molecule has 0 saturated carbocycles. The van der Waals surface area contributed by atoms with E-state index in [-0.39, 0.29) is 5.91 Å². The third kappa shape index (κ3) is 5.20. The number of hydrogen-bond acceptors (Lipinski definition) is 2. The molecule has 1 heterocycles. The van der Waals surface area contributed by atoms with E-state index in [9.17, 15) is 4.79 Å². The van der Waals surface area contributed by atoms with E-state index in [2.05, 4.69) is 71.5 Å². The molecular formula is C28H30N2O2. The fraction of sp³-hybridized carbons (Fsp3) is 0.250. The van der Waals surface area contributed by atoms with Gasteiger partial charge in [0.1, 0.15) is 5.75 Å². The van der Waals surface area contributed by atoms with Crippen molar-refractivity contribution in [3.8, 4) is 5.75 Å². The Kier molecular flexibility index (Phi) is 6.90. The Morgan fingerprint density at radius 3 is 2.62 bits per heavy atom. The van der Waals surface area contributed by atoms with E-state index in [0.717, 1.165) is 30.7 Å². The van der Waals surface area contributed by atoms with Gasteiger partial charge in [0.2, 0.25) is 5.91 Å². The number of ether oxygens (including phenoxy) is 1. The maximum Gasteiger partial charge on any atom is 0.220 e. The Morgan fingerprint density at radius 2 is 1.78 bits per heavy atom. The van der Waals surface area contributed by atoms with Crippen LogP contribution in [0.1, 0.15) is 35.1 Å². The molecule has 4 rings (SSSR count). The second kappa shape index (κ2) is 10.2. The van der Waals surface area contributed by atoms with Gasteiger partial charge in [0.25, 0.3) is 0 Å². The summed E-state index contributed by atoms with van der Waals surface area (Å²) >= 11 is 0. The minimum absolute atomic E-state index is 0.0801. The summed E-state index contributed by atoms with van der Waals surface area (Å²) in [7, 11) is 1.65. The minimum Gasteiger partial charge on any atom is -0.497 e. The van der Waals surface area contributed by atoms with Gasteiger partial charge in [0, 0.05) is 36.6 Å². The predicted molar refractivity (Wildman–Crippen MR) is 130 cm³/mol. The molecule has 0 atom stereocenters. The summed E-state index contributed by atoms with van der Waals surface area (Å²) in [5.41, 5.74) is 6.22. The van der Waals surface area contributed by atoms with Crippen molar-refractivity contribution >= 4 is 16.8 Å². The number of para-hydroxylation sites is 1. The smallest absolute Gasteiger partial charge is 0.220 e. The van der Waals surface area contributed by atoms with E-state index in [0.29, 0.717) is 13.0 Å². The van der Waals surface area contributed by atoms with E-state index >= 15 is 0 Å². The molecule has 4 heteroatoms. The summed E-state index contributed by atoms with van der Waals surface area (Å²) in [4.78, 5) is 12.4. The number of methoxy groups -OCH3 is 1. The molecule has 0 fully saturated rings. The van der Waals surface area contributed by atoms with Crippen molar-refractivity contribution in [3.05, 3.63) is 101 Å².